The van der Waals surface area contributed by atoms with Gasteiger partial charge in [-0.1, -0.05) is 12.1 Å². The van der Waals surface area contributed by atoms with E-state index in [1.807, 2.05) is 38.1 Å². The molecular formula is C28H35N3O7. The summed E-state index contributed by atoms with van der Waals surface area (Å²) < 4.78 is 18.2. The second kappa shape index (κ2) is 12.3. The van der Waals surface area contributed by atoms with Crippen molar-refractivity contribution in [2.75, 3.05) is 32.8 Å². The molecule has 10 heteroatoms. The highest BCUT2D eigenvalue weighted by Crippen LogP contribution is 2.30. The van der Waals surface area contributed by atoms with E-state index in [1.165, 1.54) is 9.80 Å². The molecule has 2 heterocycles. The van der Waals surface area contributed by atoms with Crippen molar-refractivity contribution in [2.24, 2.45) is 0 Å². The van der Waals surface area contributed by atoms with Gasteiger partial charge in [0.1, 0.15) is 23.9 Å². The molecule has 4 rings (SSSR count). The van der Waals surface area contributed by atoms with Gasteiger partial charge in [-0.05, 0) is 57.0 Å². The zero-order valence-electron chi connectivity index (χ0n) is 22.0. The smallest absolute Gasteiger partial charge is 0.254 e. The maximum absolute atomic E-state index is 13.5. The Balaban J connectivity index is 1.69. The fourth-order valence-corrected chi connectivity index (χ4v) is 4.66. The fourth-order valence-electron chi connectivity index (χ4n) is 4.66. The number of ether oxygens (including phenoxy) is 3. The molecule has 4 bridgehead atoms. The standard InChI is InChI=1S/C28H35N3O7/c1-4-30-15-26(33)29-24-14-31(27(34)16-32)9-8-25(24)36-17-19-6-5-7-21(10-19)38-23-12-20(28(30)35)11-22(13-23)37-18(2)3/h5-7,10-13,18,24-25,32H,4,8-9,14-17H2,1-3H3,(H,29,33)/t24-,25-/m0/s1. The van der Waals surface area contributed by atoms with Crippen LogP contribution in [0.25, 0.3) is 0 Å². The van der Waals surface area contributed by atoms with Crippen molar-refractivity contribution in [1.29, 1.82) is 0 Å². The lowest BCUT2D eigenvalue weighted by Crippen LogP contribution is -2.58. The zero-order chi connectivity index (χ0) is 27.2. The molecule has 2 aliphatic rings. The second-order valence-corrected chi connectivity index (χ2v) is 9.74. The molecule has 2 aromatic carbocycles. The number of rotatable bonds is 4. The number of hydrogen-bond donors (Lipinski definition) is 2. The van der Waals surface area contributed by atoms with Gasteiger partial charge in [0.15, 0.2) is 0 Å². The summed E-state index contributed by atoms with van der Waals surface area (Å²) in [6.07, 6.45) is 0.0284. The number of aliphatic hydroxyl groups excluding tert-OH is 1. The van der Waals surface area contributed by atoms with Crippen molar-refractivity contribution in [3.8, 4) is 17.2 Å². The highest BCUT2D eigenvalue weighted by molar-refractivity contribution is 5.97. The Labute approximate surface area is 222 Å². The monoisotopic (exact) mass is 525 g/mol. The molecule has 0 aromatic heterocycles. The van der Waals surface area contributed by atoms with Gasteiger partial charge < -0.3 is 34.4 Å². The average Bonchev–Trinajstić information content (AvgIpc) is 2.89. The number of likely N-dealkylation sites (N-methyl/N-ethyl adjacent to an activating group) is 1. The normalized spacial score (nSPS) is 20.4. The number of hydrogen-bond acceptors (Lipinski definition) is 7. The summed E-state index contributed by atoms with van der Waals surface area (Å²) in [6, 6.07) is 12.0. The van der Waals surface area contributed by atoms with Crippen LogP contribution in [0, 0.1) is 0 Å². The number of nitrogens with zero attached hydrogens (tertiary/aromatic N) is 2. The van der Waals surface area contributed by atoms with E-state index in [0.717, 1.165) is 5.56 Å². The fraction of sp³-hybridized carbons (Fsp3) is 0.464. The third-order valence-corrected chi connectivity index (χ3v) is 6.48. The van der Waals surface area contributed by atoms with E-state index in [2.05, 4.69) is 5.32 Å². The number of fused-ring (bicyclic) bond motifs is 5. The summed E-state index contributed by atoms with van der Waals surface area (Å²) in [5.74, 6) is 0.408. The predicted octanol–water partition coefficient (Wildman–Crippen LogP) is 2.34. The molecule has 204 valence electrons. The van der Waals surface area contributed by atoms with E-state index in [-0.39, 0.29) is 43.7 Å². The number of piperidine rings is 1. The van der Waals surface area contributed by atoms with Crippen LogP contribution in [0.3, 0.4) is 0 Å². The molecule has 10 nitrogen and oxygen atoms in total. The SMILES string of the molecule is CCN1CC(=O)N[C@H]2CN(C(=O)CO)CC[C@@H]2OCc2cccc(c2)Oc2cc(OC(C)C)cc(c2)C1=O. The Morgan fingerprint density at radius 3 is 2.74 bits per heavy atom. The number of carbonyl (C=O) groups excluding carboxylic acids is 3. The Kier molecular flexibility index (Phi) is 8.85. The van der Waals surface area contributed by atoms with E-state index >= 15 is 0 Å². The van der Waals surface area contributed by atoms with Crippen molar-refractivity contribution in [1.82, 2.24) is 15.1 Å². The van der Waals surface area contributed by atoms with Crippen LogP contribution in [0.4, 0.5) is 0 Å². The minimum atomic E-state index is -0.599. The maximum Gasteiger partial charge on any atom is 0.254 e. The van der Waals surface area contributed by atoms with Crippen LogP contribution in [0.5, 0.6) is 17.2 Å². The first-order valence-electron chi connectivity index (χ1n) is 12.9. The first kappa shape index (κ1) is 27.4. The van der Waals surface area contributed by atoms with Gasteiger partial charge in [0, 0.05) is 31.3 Å². The molecule has 3 amide bonds. The van der Waals surface area contributed by atoms with E-state index in [0.29, 0.717) is 42.3 Å². The van der Waals surface area contributed by atoms with E-state index in [9.17, 15) is 19.5 Å². The third kappa shape index (κ3) is 6.81. The Morgan fingerprint density at radius 2 is 2.00 bits per heavy atom. The Bertz CT molecular complexity index is 1170. The number of carbonyl (C=O) groups is 3. The topological polar surface area (TPSA) is 118 Å². The van der Waals surface area contributed by atoms with Crippen molar-refractivity contribution >= 4 is 17.7 Å². The lowest BCUT2D eigenvalue weighted by atomic mass is 10.0. The third-order valence-electron chi connectivity index (χ3n) is 6.48. The number of nitrogens with one attached hydrogen (secondary N) is 1. The summed E-state index contributed by atoms with van der Waals surface area (Å²) in [5.41, 5.74) is 1.21. The number of likely N-dealkylation sites (tertiary alicyclic amines) is 1. The molecule has 0 spiro atoms. The molecule has 1 fully saturated rings. The number of amides is 3. The van der Waals surface area contributed by atoms with Crippen molar-refractivity contribution in [3.63, 3.8) is 0 Å². The Hall–Kier alpha value is -3.63. The van der Waals surface area contributed by atoms with Crippen LogP contribution < -0.4 is 14.8 Å². The molecule has 2 atom stereocenters. The molecule has 0 saturated carbocycles. The lowest BCUT2D eigenvalue weighted by molar-refractivity contribution is -0.139. The lowest BCUT2D eigenvalue weighted by Gasteiger charge is -2.39. The molecule has 2 aliphatic heterocycles. The summed E-state index contributed by atoms with van der Waals surface area (Å²) in [5, 5.41) is 12.3. The van der Waals surface area contributed by atoms with Crippen LogP contribution in [-0.4, -0.2) is 83.7 Å². The largest absolute Gasteiger partial charge is 0.491 e. The van der Waals surface area contributed by atoms with Gasteiger partial charge in [-0.2, -0.15) is 0 Å². The quantitative estimate of drug-likeness (QED) is 0.629. The molecule has 0 unspecified atom stereocenters. The van der Waals surface area contributed by atoms with Gasteiger partial charge in [-0.25, -0.2) is 0 Å². The van der Waals surface area contributed by atoms with Gasteiger partial charge in [-0.15, -0.1) is 0 Å². The predicted molar refractivity (Wildman–Crippen MR) is 139 cm³/mol. The van der Waals surface area contributed by atoms with E-state index in [1.54, 1.807) is 25.1 Å². The molecular weight excluding hydrogens is 490 g/mol. The molecule has 2 aromatic rings. The summed E-state index contributed by atoms with van der Waals surface area (Å²) in [4.78, 5) is 41.7. The van der Waals surface area contributed by atoms with Gasteiger partial charge >= 0.3 is 0 Å². The van der Waals surface area contributed by atoms with E-state index < -0.39 is 18.6 Å². The molecule has 2 N–H and O–H groups in total. The van der Waals surface area contributed by atoms with Crippen LogP contribution in [0.1, 0.15) is 43.1 Å². The summed E-state index contributed by atoms with van der Waals surface area (Å²) >= 11 is 0. The van der Waals surface area contributed by atoms with Gasteiger partial charge in [0.05, 0.1) is 31.4 Å². The Morgan fingerprint density at radius 1 is 1.18 bits per heavy atom. The van der Waals surface area contributed by atoms with Gasteiger partial charge in [0.25, 0.3) is 5.91 Å². The van der Waals surface area contributed by atoms with Crippen LogP contribution in [0.2, 0.25) is 0 Å². The van der Waals surface area contributed by atoms with Crippen molar-refractivity contribution < 1.29 is 33.7 Å². The number of benzene rings is 2. The minimum absolute atomic E-state index is 0.111. The van der Waals surface area contributed by atoms with Gasteiger partial charge in [-0.3, -0.25) is 14.4 Å². The highest BCUT2D eigenvalue weighted by atomic mass is 16.5. The van der Waals surface area contributed by atoms with Crippen molar-refractivity contribution in [2.45, 2.75) is 52.0 Å². The average molecular weight is 526 g/mol. The highest BCUT2D eigenvalue weighted by Gasteiger charge is 2.33. The summed E-state index contributed by atoms with van der Waals surface area (Å²) in [7, 11) is 0. The second-order valence-electron chi connectivity index (χ2n) is 9.74. The van der Waals surface area contributed by atoms with Crippen LogP contribution in [-0.2, 0) is 20.9 Å². The molecule has 0 aliphatic carbocycles. The molecule has 38 heavy (non-hydrogen) atoms. The van der Waals surface area contributed by atoms with Gasteiger partial charge in [0.2, 0.25) is 11.8 Å². The number of aliphatic hydroxyl groups is 1. The van der Waals surface area contributed by atoms with Crippen LogP contribution >= 0.6 is 0 Å². The maximum atomic E-state index is 13.5. The van der Waals surface area contributed by atoms with Crippen molar-refractivity contribution in [3.05, 3.63) is 53.6 Å². The molecule has 1 saturated heterocycles. The molecule has 0 radical (unpaired) electrons. The summed E-state index contributed by atoms with van der Waals surface area (Å²) in [6.45, 7) is 6.03. The van der Waals surface area contributed by atoms with Crippen LogP contribution in [0.15, 0.2) is 42.5 Å². The first-order chi connectivity index (χ1) is 18.2. The minimum Gasteiger partial charge on any atom is -0.491 e. The zero-order valence-corrected chi connectivity index (χ0v) is 22.0. The first-order valence-corrected chi connectivity index (χ1v) is 12.9. The van der Waals surface area contributed by atoms with E-state index in [4.69, 9.17) is 14.2 Å².